The van der Waals surface area contributed by atoms with E-state index in [4.69, 9.17) is 18.9 Å². The highest BCUT2D eigenvalue weighted by Gasteiger charge is 2.49. The first-order valence-electron chi connectivity index (χ1n) is 9.15. The lowest BCUT2D eigenvalue weighted by Gasteiger charge is -2.29. The van der Waals surface area contributed by atoms with Gasteiger partial charge in [0.05, 0.1) is 43.1 Å². The molecule has 0 fully saturated rings. The van der Waals surface area contributed by atoms with Crippen LogP contribution in [0.3, 0.4) is 0 Å². The average molecular weight is 425 g/mol. The van der Waals surface area contributed by atoms with Gasteiger partial charge in [0.1, 0.15) is 0 Å². The summed E-state index contributed by atoms with van der Waals surface area (Å²) in [7, 11) is 0. The first-order valence-corrected chi connectivity index (χ1v) is 9.15. The second kappa shape index (κ2) is 11.5. The molecule has 30 heavy (non-hydrogen) atoms. The van der Waals surface area contributed by atoms with Crippen LogP contribution in [0.2, 0.25) is 0 Å². The monoisotopic (exact) mass is 425 g/mol. The van der Waals surface area contributed by atoms with Crippen LogP contribution in [-0.4, -0.2) is 54.2 Å². The molecule has 0 aliphatic carbocycles. The van der Waals surface area contributed by atoms with Gasteiger partial charge in [0.2, 0.25) is 5.60 Å². The number of rotatable bonds is 11. The van der Waals surface area contributed by atoms with Gasteiger partial charge in [-0.25, -0.2) is 9.59 Å². The van der Waals surface area contributed by atoms with Crippen molar-refractivity contribution < 1.29 is 43.0 Å². The molecule has 0 saturated heterocycles. The Morgan fingerprint density at radius 3 is 1.73 bits per heavy atom. The summed E-state index contributed by atoms with van der Waals surface area (Å²) in [6.07, 6.45) is -1.56. The lowest BCUT2D eigenvalue weighted by Crippen LogP contribution is -2.48. The van der Waals surface area contributed by atoms with Crippen LogP contribution in [-0.2, 0) is 33.3 Å². The maximum absolute atomic E-state index is 12.7. The molecule has 1 aromatic carbocycles. The fourth-order valence-corrected chi connectivity index (χ4v) is 2.43. The molecule has 0 radical (unpaired) electrons. The smallest absolute Gasteiger partial charge is 0.351 e. The van der Waals surface area contributed by atoms with Crippen molar-refractivity contribution in [3.63, 3.8) is 0 Å². The molecule has 0 unspecified atom stereocenters. The van der Waals surface area contributed by atoms with Crippen molar-refractivity contribution in [3.05, 3.63) is 39.9 Å². The zero-order chi connectivity index (χ0) is 22.7. The summed E-state index contributed by atoms with van der Waals surface area (Å²) in [5, 5.41) is 10.8. The van der Waals surface area contributed by atoms with Gasteiger partial charge in [-0.1, -0.05) is 0 Å². The van der Waals surface area contributed by atoms with Gasteiger partial charge in [0.25, 0.3) is 5.69 Å². The molecule has 0 aliphatic heterocycles. The molecule has 164 valence electrons. The number of nitro benzene ring substituents is 1. The summed E-state index contributed by atoms with van der Waals surface area (Å²) in [4.78, 5) is 59.6. The maximum Gasteiger partial charge on any atom is 0.351 e. The van der Waals surface area contributed by atoms with Crippen molar-refractivity contribution in [1.82, 2.24) is 0 Å². The fourth-order valence-electron chi connectivity index (χ4n) is 2.43. The molecule has 0 N–H and O–H groups in total. The zero-order valence-corrected chi connectivity index (χ0v) is 16.9. The number of hydrogen-bond donors (Lipinski definition) is 0. The molecule has 1 rings (SSSR count). The molecule has 11 heteroatoms. The minimum atomic E-state index is -2.33. The summed E-state index contributed by atoms with van der Waals surface area (Å²) in [6, 6.07) is 4.37. The van der Waals surface area contributed by atoms with Crippen LogP contribution in [0.4, 0.5) is 5.69 Å². The Hall–Kier alpha value is -3.50. The number of hydrogen-bond acceptors (Lipinski definition) is 10. The quantitative estimate of drug-likeness (QED) is 0.223. The fraction of sp³-hybridized carbons (Fsp3) is 0.474. The third-order valence-corrected chi connectivity index (χ3v) is 3.72. The molecule has 0 amide bonds. The molecular weight excluding hydrogens is 402 g/mol. The minimum absolute atomic E-state index is 0.00650. The second-order valence-corrected chi connectivity index (χ2v) is 5.87. The highest BCUT2D eigenvalue weighted by molar-refractivity contribution is 5.96. The first-order chi connectivity index (χ1) is 14.2. The summed E-state index contributed by atoms with van der Waals surface area (Å²) >= 11 is 0. The van der Waals surface area contributed by atoms with Gasteiger partial charge in [-0.3, -0.25) is 19.7 Å². The van der Waals surface area contributed by atoms with Crippen molar-refractivity contribution in [2.45, 2.75) is 39.2 Å². The Bertz CT molecular complexity index is 767. The van der Waals surface area contributed by atoms with Crippen LogP contribution in [0.1, 0.15) is 44.0 Å². The molecule has 0 atom stereocenters. The summed E-state index contributed by atoms with van der Waals surface area (Å²) in [5.41, 5.74) is -2.73. The van der Waals surface area contributed by atoms with Crippen molar-refractivity contribution in [3.8, 4) is 0 Å². The Morgan fingerprint density at radius 2 is 1.33 bits per heavy atom. The standard InChI is InChI=1S/C19H23NO10/c1-4-27-15(21)11-19(18(24)29-6-3,12-16(22)28-5-2)30-17(23)13-7-9-14(10-8-13)20(25)26/h7-10H,4-6,11-12H2,1-3H3. The van der Waals surface area contributed by atoms with Gasteiger partial charge in [0.15, 0.2) is 0 Å². The van der Waals surface area contributed by atoms with E-state index in [2.05, 4.69) is 0 Å². The van der Waals surface area contributed by atoms with Gasteiger partial charge >= 0.3 is 23.9 Å². The molecule has 11 nitrogen and oxygen atoms in total. The number of carbonyl (C=O) groups excluding carboxylic acids is 4. The molecule has 0 aromatic heterocycles. The SMILES string of the molecule is CCOC(=O)CC(CC(=O)OCC)(OC(=O)c1ccc([N+](=O)[O-])cc1)C(=O)OCC. The molecule has 1 aromatic rings. The number of esters is 4. The van der Waals surface area contributed by atoms with E-state index in [9.17, 15) is 29.3 Å². The van der Waals surface area contributed by atoms with Gasteiger partial charge in [-0.2, -0.15) is 0 Å². The van der Waals surface area contributed by atoms with Gasteiger partial charge in [0, 0.05) is 12.1 Å². The van der Waals surface area contributed by atoms with Crippen molar-refractivity contribution >= 4 is 29.6 Å². The zero-order valence-electron chi connectivity index (χ0n) is 16.9. The molecule has 0 spiro atoms. The third kappa shape index (κ3) is 6.83. The van der Waals surface area contributed by atoms with E-state index in [0.29, 0.717) is 0 Å². The second-order valence-electron chi connectivity index (χ2n) is 5.87. The Balaban J connectivity index is 3.30. The van der Waals surface area contributed by atoms with Gasteiger partial charge in [-0.05, 0) is 32.9 Å². The van der Waals surface area contributed by atoms with Crippen molar-refractivity contribution in [1.29, 1.82) is 0 Å². The van der Waals surface area contributed by atoms with Crippen LogP contribution >= 0.6 is 0 Å². The van der Waals surface area contributed by atoms with E-state index in [1.807, 2.05) is 0 Å². The van der Waals surface area contributed by atoms with Crippen LogP contribution in [0.5, 0.6) is 0 Å². The van der Waals surface area contributed by atoms with E-state index in [-0.39, 0.29) is 31.1 Å². The van der Waals surface area contributed by atoms with Crippen LogP contribution in [0, 0.1) is 10.1 Å². The average Bonchev–Trinajstić information content (AvgIpc) is 2.68. The minimum Gasteiger partial charge on any atom is -0.466 e. The van der Waals surface area contributed by atoms with Crippen LogP contribution < -0.4 is 0 Å². The first kappa shape index (κ1) is 24.5. The van der Waals surface area contributed by atoms with Crippen molar-refractivity contribution in [2.75, 3.05) is 19.8 Å². The lowest BCUT2D eigenvalue weighted by atomic mass is 9.94. The summed E-state index contributed by atoms with van der Waals surface area (Å²) < 4.78 is 19.9. The third-order valence-electron chi connectivity index (χ3n) is 3.72. The number of non-ortho nitro benzene ring substituents is 1. The number of nitrogens with zero attached hydrogens (tertiary/aromatic N) is 1. The normalized spacial score (nSPS) is 10.6. The molecule has 0 aliphatic rings. The largest absolute Gasteiger partial charge is 0.466 e. The Labute approximate surface area is 172 Å². The van der Waals surface area contributed by atoms with Gasteiger partial charge in [-0.15, -0.1) is 0 Å². The lowest BCUT2D eigenvalue weighted by molar-refractivity contribution is -0.384. The molecule has 0 bridgehead atoms. The number of nitro groups is 1. The van der Waals surface area contributed by atoms with E-state index in [1.165, 1.54) is 20.8 Å². The number of carbonyl (C=O) groups is 4. The summed E-state index contributed by atoms with van der Waals surface area (Å²) in [5.74, 6) is -4.01. The van der Waals surface area contributed by atoms with E-state index in [0.717, 1.165) is 24.3 Å². The van der Waals surface area contributed by atoms with E-state index in [1.54, 1.807) is 0 Å². The highest BCUT2D eigenvalue weighted by atomic mass is 16.6. The number of ether oxygens (including phenoxy) is 4. The van der Waals surface area contributed by atoms with E-state index >= 15 is 0 Å². The number of benzene rings is 1. The highest BCUT2D eigenvalue weighted by Crippen LogP contribution is 2.27. The van der Waals surface area contributed by atoms with Crippen LogP contribution in [0.25, 0.3) is 0 Å². The Morgan fingerprint density at radius 1 is 0.867 bits per heavy atom. The molecule has 0 saturated carbocycles. The topological polar surface area (TPSA) is 148 Å². The Kier molecular flexibility index (Phi) is 9.40. The van der Waals surface area contributed by atoms with Crippen molar-refractivity contribution in [2.24, 2.45) is 0 Å². The van der Waals surface area contributed by atoms with Gasteiger partial charge < -0.3 is 18.9 Å². The molecular formula is C19H23NO10. The molecule has 0 heterocycles. The predicted octanol–water partition coefficient (Wildman–Crippen LogP) is 1.96. The maximum atomic E-state index is 12.7. The van der Waals surface area contributed by atoms with E-state index < -0.39 is 47.2 Å². The summed E-state index contributed by atoms with van der Waals surface area (Å²) in [6.45, 7) is 4.45. The van der Waals surface area contributed by atoms with Crippen LogP contribution in [0.15, 0.2) is 24.3 Å². The predicted molar refractivity (Wildman–Crippen MR) is 100 cm³/mol.